The Balaban J connectivity index is 3.75. The van der Waals surface area contributed by atoms with Crippen molar-refractivity contribution in [1.82, 2.24) is 15.5 Å². The molecule has 0 aromatic rings. The number of nitrogens with one attached hydrogen (secondary N) is 2. The van der Waals surface area contributed by atoms with E-state index in [0.29, 0.717) is 152 Å². The Morgan fingerprint density at radius 3 is 1.09 bits per heavy atom. The van der Waals surface area contributed by atoms with Gasteiger partial charge in [0.25, 0.3) is 0 Å². The largest absolute Gasteiger partial charge is 0.460 e. The van der Waals surface area contributed by atoms with Crippen molar-refractivity contribution in [3.8, 4) is 0 Å². The van der Waals surface area contributed by atoms with Crippen LogP contribution < -0.4 is 10.6 Å². The van der Waals surface area contributed by atoms with Crippen molar-refractivity contribution >= 4 is 23.9 Å². The highest BCUT2D eigenvalue weighted by Gasteiger charge is 2.21. The number of rotatable bonds is 45. The second-order valence-electron chi connectivity index (χ2n) is 15.8. The highest BCUT2D eigenvalue weighted by Crippen LogP contribution is 2.09. The molecule has 0 fully saturated rings. The van der Waals surface area contributed by atoms with E-state index in [1.54, 1.807) is 48.7 Å². The summed E-state index contributed by atoms with van der Waals surface area (Å²) in [5.41, 5.74) is -1.28. The van der Waals surface area contributed by atoms with Crippen LogP contribution in [0.2, 0.25) is 0 Å². The van der Waals surface area contributed by atoms with Crippen LogP contribution in [0.15, 0.2) is 0 Å². The van der Waals surface area contributed by atoms with Crippen molar-refractivity contribution in [3.63, 3.8) is 0 Å². The molecule has 0 aliphatic rings. The normalized spacial score (nSPS) is 11.7. The Hall–Kier alpha value is -2.80. The Labute approximate surface area is 381 Å². The first kappa shape index (κ1) is 61.2. The molecule has 21 heteroatoms. The van der Waals surface area contributed by atoms with Crippen LogP contribution in [-0.2, 0) is 80.7 Å². The summed E-state index contributed by atoms with van der Waals surface area (Å²) in [6, 6.07) is 0. The summed E-state index contributed by atoms with van der Waals surface area (Å²) >= 11 is 0. The van der Waals surface area contributed by atoms with Crippen LogP contribution in [-0.4, -0.2) is 225 Å². The Bertz CT molecular complexity index is 1130. The standard InChI is InChI=1S/C43H83N3O18/c1-42(2,3)63-40(49)9-13-46(37-38(47)44-11-8-12-45-41(50)64-43(4,5)6)39(48)10-14-52-17-18-54-21-22-56-25-26-58-29-30-60-33-34-62-36-35-61-32-31-59-28-27-57-24-23-55-20-19-53-16-15-51-7/h8-37H2,1-7H3,(H,44,47)(H,45,50). The SMILES string of the molecule is COCCOCCOCCOCCOCCOCCOCCOCCOCCOCCOCCOCCC(=O)N(CCC(=O)OC(C)(C)C)CC(=O)NCCCNC(=O)OC(C)(C)C. The van der Waals surface area contributed by atoms with Gasteiger partial charge in [0.2, 0.25) is 11.8 Å². The summed E-state index contributed by atoms with van der Waals surface area (Å²) in [5, 5.41) is 5.36. The van der Waals surface area contributed by atoms with Gasteiger partial charge < -0.3 is 81.8 Å². The number of hydrogen-bond donors (Lipinski definition) is 2. The van der Waals surface area contributed by atoms with E-state index in [0.717, 1.165) is 0 Å². The molecular weight excluding hydrogens is 846 g/mol. The van der Waals surface area contributed by atoms with Gasteiger partial charge >= 0.3 is 12.1 Å². The second kappa shape index (κ2) is 42.8. The van der Waals surface area contributed by atoms with Crippen molar-refractivity contribution in [1.29, 1.82) is 0 Å². The molecule has 0 atom stereocenters. The highest BCUT2D eigenvalue weighted by molar-refractivity contribution is 5.85. The molecular formula is C43H83N3O18. The zero-order valence-electron chi connectivity index (χ0n) is 40.0. The fraction of sp³-hybridized carbons (Fsp3) is 0.907. The summed E-state index contributed by atoms with van der Waals surface area (Å²) < 4.78 is 75.6. The monoisotopic (exact) mass is 930 g/mol. The summed E-state index contributed by atoms with van der Waals surface area (Å²) in [5.74, 6) is -1.21. The maximum absolute atomic E-state index is 13.0. The first-order valence-corrected chi connectivity index (χ1v) is 22.3. The molecule has 0 saturated heterocycles. The predicted octanol–water partition coefficient (Wildman–Crippen LogP) is 1.80. The van der Waals surface area contributed by atoms with Crippen molar-refractivity contribution in [2.45, 2.75) is 72.0 Å². The highest BCUT2D eigenvalue weighted by atomic mass is 16.6. The van der Waals surface area contributed by atoms with Gasteiger partial charge in [-0.2, -0.15) is 0 Å². The maximum atomic E-state index is 13.0. The van der Waals surface area contributed by atoms with Crippen molar-refractivity contribution in [3.05, 3.63) is 0 Å². The summed E-state index contributed by atoms with van der Waals surface area (Å²) in [4.78, 5) is 51.0. The summed E-state index contributed by atoms with van der Waals surface area (Å²) in [6.45, 7) is 21.2. The van der Waals surface area contributed by atoms with E-state index in [4.69, 9.17) is 66.3 Å². The predicted molar refractivity (Wildman–Crippen MR) is 234 cm³/mol. The quantitative estimate of drug-likeness (QED) is 0.0656. The second-order valence-corrected chi connectivity index (χ2v) is 15.8. The molecule has 0 aliphatic carbocycles. The smallest absolute Gasteiger partial charge is 0.407 e. The Morgan fingerprint density at radius 2 is 0.750 bits per heavy atom. The number of methoxy groups -OCH3 is 1. The molecule has 0 radical (unpaired) electrons. The first-order chi connectivity index (χ1) is 30.7. The van der Waals surface area contributed by atoms with E-state index in [-0.39, 0.29) is 51.6 Å². The average molecular weight is 930 g/mol. The third-order valence-electron chi connectivity index (χ3n) is 7.65. The molecule has 0 unspecified atom stereocenters. The molecule has 2 N–H and O–H groups in total. The molecule has 64 heavy (non-hydrogen) atoms. The lowest BCUT2D eigenvalue weighted by molar-refractivity contribution is -0.155. The van der Waals surface area contributed by atoms with Gasteiger partial charge in [0.15, 0.2) is 0 Å². The van der Waals surface area contributed by atoms with Gasteiger partial charge in [-0.1, -0.05) is 0 Å². The number of ether oxygens (including phenoxy) is 14. The van der Waals surface area contributed by atoms with Crippen LogP contribution in [0.5, 0.6) is 0 Å². The molecule has 0 bridgehead atoms. The lowest BCUT2D eigenvalue weighted by Crippen LogP contribution is -2.43. The van der Waals surface area contributed by atoms with E-state index in [9.17, 15) is 19.2 Å². The van der Waals surface area contributed by atoms with Gasteiger partial charge in [0.05, 0.1) is 171 Å². The first-order valence-electron chi connectivity index (χ1n) is 22.3. The number of hydrogen-bond acceptors (Lipinski definition) is 18. The van der Waals surface area contributed by atoms with E-state index < -0.39 is 29.2 Å². The lowest BCUT2D eigenvalue weighted by atomic mass is 10.2. The third-order valence-corrected chi connectivity index (χ3v) is 7.65. The molecule has 3 amide bonds. The van der Waals surface area contributed by atoms with E-state index >= 15 is 0 Å². The van der Waals surface area contributed by atoms with Crippen molar-refractivity contribution < 1.29 is 85.5 Å². The Morgan fingerprint density at radius 1 is 0.422 bits per heavy atom. The zero-order valence-corrected chi connectivity index (χ0v) is 40.0. The molecule has 21 nitrogen and oxygen atoms in total. The molecule has 0 spiro atoms. The molecule has 0 heterocycles. The van der Waals surface area contributed by atoms with Crippen LogP contribution in [0.25, 0.3) is 0 Å². The van der Waals surface area contributed by atoms with Crippen LogP contribution >= 0.6 is 0 Å². The molecule has 0 aromatic carbocycles. The zero-order chi connectivity index (χ0) is 47.4. The van der Waals surface area contributed by atoms with Crippen molar-refractivity contribution in [2.75, 3.05) is 185 Å². The van der Waals surface area contributed by atoms with E-state index in [1.807, 2.05) is 0 Å². The fourth-order valence-electron chi connectivity index (χ4n) is 4.72. The average Bonchev–Trinajstić information content (AvgIpc) is 3.22. The number of alkyl carbamates (subject to hydrolysis) is 1. The van der Waals surface area contributed by atoms with Gasteiger partial charge in [0, 0.05) is 26.7 Å². The number of amides is 3. The van der Waals surface area contributed by atoms with Crippen LogP contribution in [0.4, 0.5) is 4.79 Å². The maximum Gasteiger partial charge on any atom is 0.407 e. The van der Waals surface area contributed by atoms with Crippen LogP contribution in [0, 0.1) is 0 Å². The minimum Gasteiger partial charge on any atom is -0.460 e. The Kier molecular flexibility index (Phi) is 40.9. The topological polar surface area (TPSA) is 225 Å². The van der Waals surface area contributed by atoms with Gasteiger partial charge in [-0.05, 0) is 48.0 Å². The molecule has 0 aliphatic heterocycles. The summed E-state index contributed by atoms with van der Waals surface area (Å²) in [6.07, 6.45) is -0.128. The third kappa shape index (κ3) is 47.2. The molecule has 0 aromatic heterocycles. The van der Waals surface area contributed by atoms with Gasteiger partial charge in [-0.3, -0.25) is 14.4 Å². The number of nitrogens with zero attached hydrogens (tertiary/aromatic N) is 1. The lowest BCUT2D eigenvalue weighted by Gasteiger charge is -2.24. The van der Waals surface area contributed by atoms with Gasteiger partial charge in [0.1, 0.15) is 11.2 Å². The van der Waals surface area contributed by atoms with E-state index in [1.165, 1.54) is 4.90 Å². The molecule has 378 valence electrons. The number of esters is 1. The van der Waals surface area contributed by atoms with Crippen LogP contribution in [0.3, 0.4) is 0 Å². The van der Waals surface area contributed by atoms with Gasteiger partial charge in [-0.25, -0.2) is 4.79 Å². The van der Waals surface area contributed by atoms with Gasteiger partial charge in [-0.15, -0.1) is 0 Å². The summed E-state index contributed by atoms with van der Waals surface area (Å²) in [7, 11) is 1.64. The minimum absolute atomic E-state index is 0.0131. The fourth-order valence-corrected chi connectivity index (χ4v) is 4.72. The number of carbonyl (C=O) groups excluding carboxylic acids is 4. The number of carbonyl (C=O) groups is 4. The minimum atomic E-state index is -0.673. The molecule has 0 saturated carbocycles. The van der Waals surface area contributed by atoms with Crippen LogP contribution in [0.1, 0.15) is 60.8 Å². The van der Waals surface area contributed by atoms with Crippen molar-refractivity contribution in [2.24, 2.45) is 0 Å². The molecule has 0 rings (SSSR count). The van der Waals surface area contributed by atoms with E-state index in [2.05, 4.69) is 10.6 Å².